The molecule has 1 N–H and O–H groups in total. The Bertz CT molecular complexity index is 266. The van der Waals surface area contributed by atoms with E-state index in [2.05, 4.69) is 17.1 Å². The van der Waals surface area contributed by atoms with Crippen LogP contribution in [0.5, 0.6) is 0 Å². The van der Waals surface area contributed by atoms with Gasteiger partial charge in [-0.25, -0.2) is 0 Å². The third-order valence-electron chi connectivity index (χ3n) is 4.78. The fourth-order valence-electron chi connectivity index (χ4n) is 3.51. The highest BCUT2D eigenvalue weighted by Crippen LogP contribution is 2.22. The number of nitrogens with zero attached hydrogens (tertiary/aromatic N) is 1. The second kappa shape index (κ2) is 7.88. The van der Waals surface area contributed by atoms with Crippen LogP contribution in [0, 0.1) is 5.92 Å². The van der Waals surface area contributed by atoms with Crippen LogP contribution >= 0.6 is 0 Å². The molecule has 19 heavy (non-hydrogen) atoms. The van der Waals surface area contributed by atoms with Crippen LogP contribution < -0.4 is 5.32 Å². The van der Waals surface area contributed by atoms with Crippen LogP contribution in [0.4, 0.5) is 0 Å². The maximum Gasteiger partial charge on any atom is 0.222 e. The minimum Gasteiger partial charge on any atom is -0.343 e. The Kier molecular flexibility index (Phi) is 6.15. The number of hydrogen-bond donors (Lipinski definition) is 1. The summed E-state index contributed by atoms with van der Waals surface area (Å²) >= 11 is 0. The smallest absolute Gasteiger partial charge is 0.222 e. The van der Waals surface area contributed by atoms with Crippen LogP contribution in [0.1, 0.15) is 64.7 Å². The van der Waals surface area contributed by atoms with Crippen molar-refractivity contribution in [2.24, 2.45) is 5.92 Å². The van der Waals surface area contributed by atoms with Crippen molar-refractivity contribution in [3.05, 3.63) is 0 Å². The molecule has 0 spiro atoms. The first-order chi connectivity index (χ1) is 9.29. The molecular weight excluding hydrogens is 236 g/mol. The van der Waals surface area contributed by atoms with Crippen molar-refractivity contribution in [2.75, 3.05) is 19.6 Å². The minimum absolute atomic E-state index is 0.391. The standard InChI is InChI=1S/C16H30N2O/c1-2-5-14-9-12-18(13-10-14)16(19)8-7-15-6-3-4-11-17-15/h14-15,17H,2-13H2,1H3. The number of rotatable bonds is 5. The lowest BCUT2D eigenvalue weighted by Crippen LogP contribution is -2.40. The summed E-state index contributed by atoms with van der Waals surface area (Å²) in [4.78, 5) is 14.3. The average Bonchev–Trinajstić information content (AvgIpc) is 2.47. The first kappa shape index (κ1) is 14.8. The molecule has 2 aliphatic heterocycles. The molecule has 0 radical (unpaired) electrons. The number of hydrogen-bond acceptors (Lipinski definition) is 2. The topological polar surface area (TPSA) is 32.3 Å². The van der Waals surface area contributed by atoms with Gasteiger partial charge >= 0.3 is 0 Å². The van der Waals surface area contributed by atoms with Crippen LogP contribution in [0.2, 0.25) is 0 Å². The van der Waals surface area contributed by atoms with Gasteiger partial charge in [0.2, 0.25) is 5.91 Å². The van der Waals surface area contributed by atoms with Gasteiger partial charge in [-0.05, 0) is 44.6 Å². The van der Waals surface area contributed by atoms with Gasteiger partial charge in [0.15, 0.2) is 0 Å². The number of likely N-dealkylation sites (tertiary alicyclic amines) is 1. The summed E-state index contributed by atoms with van der Waals surface area (Å²) in [5.74, 6) is 1.26. The van der Waals surface area contributed by atoms with Crippen molar-refractivity contribution in [1.29, 1.82) is 0 Å². The SMILES string of the molecule is CCCC1CCN(C(=O)CCC2CCCCN2)CC1. The maximum atomic E-state index is 12.2. The molecule has 0 aromatic rings. The van der Waals surface area contributed by atoms with Crippen LogP contribution in [0.3, 0.4) is 0 Å². The van der Waals surface area contributed by atoms with Crippen LogP contribution in [-0.2, 0) is 4.79 Å². The second-order valence-electron chi connectivity index (χ2n) is 6.30. The first-order valence-electron chi connectivity index (χ1n) is 8.30. The fraction of sp³-hybridized carbons (Fsp3) is 0.938. The van der Waals surface area contributed by atoms with E-state index >= 15 is 0 Å². The second-order valence-corrected chi connectivity index (χ2v) is 6.30. The molecule has 3 heteroatoms. The monoisotopic (exact) mass is 266 g/mol. The number of nitrogens with one attached hydrogen (secondary N) is 1. The summed E-state index contributed by atoms with van der Waals surface area (Å²) in [5, 5.41) is 3.53. The van der Waals surface area contributed by atoms with E-state index in [4.69, 9.17) is 0 Å². The lowest BCUT2D eigenvalue weighted by molar-refractivity contribution is -0.132. The molecule has 2 fully saturated rings. The molecule has 0 bridgehead atoms. The molecular formula is C16H30N2O. The summed E-state index contributed by atoms with van der Waals surface area (Å²) in [6.45, 7) is 5.40. The Morgan fingerprint density at radius 1 is 1.16 bits per heavy atom. The molecule has 0 aliphatic carbocycles. The zero-order valence-electron chi connectivity index (χ0n) is 12.5. The van der Waals surface area contributed by atoms with Crippen LogP contribution in [-0.4, -0.2) is 36.5 Å². The molecule has 1 unspecified atom stereocenters. The normalized spacial score (nSPS) is 25.5. The third kappa shape index (κ3) is 4.79. The van der Waals surface area contributed by atoms with E-state index in [1.54, 1.807) is 0 Å². The zero-order chi connectivity index (χ0) is 13.5. The molecule has 0 aromatic heterocycles. The van der Waals surface area contributed by atoms with Crippen molar-refractivity contribution in [3.63, 3.8) is 0 Å². The van der Waals surface area contributed by atoms with Crippen molar-refractivity contribution < 1.29 is 4.79 Å². The van der Waals surface area contributed by atoms with Crippen LogP contribution in [0.25, 0.3) is 0 Å². The molecule has 1 atom stereocenters. The predicted molar refractivity (Wildman–Crippen MR) is 79.1 cm³/mol. The van der Waals surface area contributed by atoms with Gasteiger partial charge in [-0.1, -0.05) is 26.2 Å². The highest BCUT2D eigenvalue weighted by molar-refractivity contribution is 5.76. The average molecular weight is 266 g/mol. The number of amides is 1. The van der Waals surface area contributed by atoms with Crippen molar-refractivity contribution in [3.8, 4) is 0 Å². The van der Waals surface area contributed by atoms with E-state index in [0.29, 0.717) is 11.9 Å². The summed E-state index contributed by atoms with van der Waals surface area (Å²) in [6.07, 6.45) is 10.7. The van der Waals surface area contributed by atoms with Crippen LogP contribution in [0.15, 0.2) is 0 Å². The largest absolute Gasteiger partial charge is 0.343 e. The zero-order valence-corrected chi connectivity index (χ0v) is 12.5. The van der Waals surface area contributed by atoms with Gasteiger partial charge in [0, 0.05) is 25.6 Å². The summed E-state index contributed by atoms with van der Waals surface area (Å²) in [7, 11) is 0. The Labute approximate surface area is 118 Å². The summed E-state index contributed by atoms with van der Waals surface area (Å²) in [5.41, 5.74) is 0. The van der Waals surface area contributed by atoms with E-state index in [0.717, 1.165) is 38.4 Å². The number of carbonyl (C=O) groups excluding carboxylic acids is 1. The summed E-state index contributed by atoms with van der Waals surface area (Å²) in [6, 6.07) is 0.593. The van der Waals surface area contributed by atoms with Gasteiger partial charge in [0.25, 0.3) is 0 Å². The number of carbonyl (C=O) groups is 1. The molecule has 1 amide bonds. The molecule has 0 aromatic carbocycles. The van der Waals surface area contributed by atoms with E-state index in [1.165, 1.54) is 44.9 Å². The van der Waals surface area contributed by atoms with E-state index in [9.17, 15) is 4.79 Å². The Morgan fingerprint density at radius 2 is 1.95 bits per heavy atom. The first-order valence-corrected chi connectivity index (χ1v) is 8.30. The van der Waals surface area contributed by atoms with E-state index < -0.39 is 0 Å². The summed E-state index contributed by atoms with van der Waals surface area (Å²) < 4.78 is 0. The minimum atomic E-state index is 0.391. The van der Waals surface area contributed by atoms with E-state index in [1.807, 2.05) is 0 Å². The third-order valence-corrected chi connectivity index (χ3v) is 4.78. The lowest BCUT2D eigenvalue weighted by atomic mass is 9.92. The van der Waals surface area contributed by atoms with Gasteiger partial charge < -0.3 is 10.2 Å². The van der Waals surface area contributed by atoms with Crippen molar-refractivity contribution in [2.45, 2.75) is 70.8 Å². The van der Waals surface area contributed by atoms with Gasteiger partial charge in [-0.2, -0.15) is 0 Å². The Morgan fingerprint density at radius 3 is 2.58 bits per heavy atom. The van der Waals surface area contributed by atoms with Gasteiger partial charge in [0.1, 0.15) is 0 Å². The van der Waals surface area contributed by atoms with E-state index in [-0.39, 0.29) is 0 Å². The van der Waals surface area contributed by atoms with Gasteiger partial charge in [-0.3, -0.25) is 4.79 Å². The molecule has 2 aliphatic rings. The Hall–Kier alpha value is -0.570. The molecule has 2 rings (SSSR count). The maximum absolute atomic E-state index is 12.2. The predicted octanol–water partition coefficient (Wildman–Crippen LogP) is 2.95. The van der Waals surface area contributed by atoms with Gasteiger partial charge in [-0.15, -0.1) is 0 Å². The Balaban J connectivity index is 1.63. The van der Waals surface area contributed by atoms with Gasteiger partial charge in [0.05, 0.1) is 0 Å². The molecule has 0 saturated carbocycles. The highest BCUT2D eigenvalue weighted by atomic mass is 16.2. The molecule has 3 nitrogen and oxygen atoms in total. The molecule has 2 heterocycles. The number of piperidine rings is 2. The lowest BCUT2D eigenvalue weighted by Gasteiger charge is -2.32. The highest BCUT2D eigenvalue weighted by Gasteiger charge is 2.23. The molecule has 110 valence electrons. The fourth-order valence-corrected chi connectivity index (χ4v) is 3.51. The van der Waals surface area contributed by atoms with Crippen molar-refractivity contribution >= 4 is 5.91 Å². The quantitative estimate of drug-likeness (QED) is 0.830. The molecule has 2 saturated heterocycles. The van der Waals surface area contributed by atoms with Crippen molar-refractivity contribution in [1.82, 2.24) is 10.2 Å².